The second kappa shape index (κ2) is 4.14. The van der Waals surface area contributed by atoms with Crippen LogP contribution < -0.4 is 11.1 Å². The van der Waals surface area contributed by atoms with Gasteiger partial charge in [-0.25, -0.2) is 0 Å². The molecule has 0 aliphatic heterocycles. The summed E-state index contributed by atoms with van der Waals surface area (Å²) in [5.74, 6) is -0.0691. The van der Waals surface area contributed by atoms with Gasteiger partial charge in [0.05, 0.1) is 23.5 Å². The van der Waals surface area contributed by atoms with Crippen molar-refractivity contribution in [3.63, 3.8) is 0 Å². The number of nitrogens with zero attached hydrogens (tertiary/aromatic N) is 1. The summed E-state index contributed by atoms with van der Waals surface area (Å²) >= 11 is 0. The van der Waals surface area contributed by atoms with Gasteiger partial charge in [-0.15, -0.1) is 0 Å². The van der Waals surface area contributed by atoms with E-state index < -0.39 is 0 Å². The molecule has 18 heavy (non-hydrogen) atoms. The van der Waals surface area contributed by atoms with Crippen molar-refractivity contribution in [1.82, 2.24) is 4.98 Å². The molecule has 1 amide bonds. The van der Waals surface area contributed by atoms with E-state index in [9.17, 15) is 4.79 Å². The van der Waals surface area contributed by atoms with Crippen LogP contribution in [0.5, 0.6) is 0 Å². The topological polar surface area (TPSA) is 68.0 Å². The molecule has 1 aliphatic rings. The Balaban J connectivity index is 1.77. The fraction of sp³-hybridized carbons (Fsp3) is 0.143. The summed E-state index contributed by atoms with van der Waals surface area (Å²) in [5, 5.41) is 2.85. The van der Waals surface area contributed by atoms with E-state index in [0.717, 1.165) is 12.0 Å². The lowest BCUT2D eigenvalue weighted by Gasteiger charge is -2.28. The molecule has 1 aliphatic carbocycles. The van der Waals surface area contributed by atoms with Crippen LogP contribution in [0.1, 0.15) is 17.0 Å². The molecule has 1 unspecified atom stereocenters. The number of amides is 1. The predicted molar refractivity (Wildman–Crippen MR) is 70.2 cm³/mol. The van der Waals surface area contributed by atoms with Crippen molar-refractivity contribution >= 4 is 17.3 Å². The van der Waals surface area contributed by atoms with Crippen LogP contribution in [0.25, 0.3) is 0 Å². The number of hydrogen-bond donors (Lipinski definition) is 2. The maximum atomic E-state index is 12.1. The molecule has 4 heteroatoms. The van der Waals surface area contributed by atoms with Gasteiger partial charge in [-0.05, 0) is 23.6 Å². The third-order valence-corrected chi connectivity index (χ3v) is 3.28. The van der Waals surface area contributed by atoms with Crippen molar-refractivity contribution in [2.24, 2.45) is 0 Å². The Bertz CT molecular complexity index is 609. The molecule has 3 rings (SSSR count). The van der Waals surface area contributed by atoms with Crippen molar-refractivity contribution in [2.75, 3.05) is 11.1 Å². The summed E-state index contributed by atoms with van der Waals surface area (Å²) in [6.07, 6.45) is 3.94. The first-order valence-electron chi connectivity index (χ1n) is 5.84. The summed E-state index contributed by atoms with van der Waals surface area (Å²) in [6.45, 7) is 0. The van der Waals surface area contributed by atoms with Crippen molar-refractivity contribution < 1.29 is 4.79 Å². The number of anilines is 2. The fourth-order valence-corrected chi connectivity index (χ4v) is 2.23. The lowest BCUT2D eigenvalue weighted by Crippen LogP contribution is -2.30. The lowest BCUT2D eigenvalue weighted by atomic mass is 9.77. The SMILES string of the molecule is Nc1cnccc1NC(=O)C1Cc2ccccc21. The second-order valence-electron chi connectivity index (χ2n) is 4.41. The molecule has 0 spiro atoms. The van der Waals surface area contributed by atoms with Gasteiger partial charge in [0, 0.05) is 6.20 Å². The smallest absolute Gasteiger partial charge is 0.232 e. The molecule has 1 heterocycles. The number of hydrogen-bond acceptors (Lipinski definition) is 3. The number of carbonyl (C=O) groups is 1. The molecule has 2 aromatic rings. The molecular weight excluding hydrogens is 226 g/mol. The summed E-state index contributed by atoms with van der Waals surface area (Å²) in [7, 11) is 0. The van der Waals surface area contributed by atoms with E-state index >= 15 is 0 Å². The van der Waals surface area contributed by atoms with Gasteiger partial charge in [0.25, 0.3) is 0 Å². The number of pyridine rings is 1. The number of nitrogens with one attached hydrogen (secondary N) is 1. The molecule has 1 atom stereocenters. The molecule has 0 saturated heterocycles. The first-order valence-corrected chi connectivity index (χ1v) is 5.84. The Labute approximate surface area is 105 Å². The molecular formula is C14H13N3O. The highest BCUT2D eigenvalue weighted by atomic mass is 16.1. The maximum Gasteiger partial charge on any atom is 0.232 e. The second-order valence-corrected chi connectivity index (χ2v) is 4.41. The third kappa shape index (κ3) is 1.72. The van der Waals surface area contributed by atoms with Crippen LogP contribution in [0.3, 0.4) is 0 Å². The van der Waals surface area contributed by atoms with E-state index in [-0.39, 0.29) is 11.8 Å². The Morgan fingerprint density at radius 2 is 2.17 bits per heavy atom. The van der Waals surface area contributed by atoms with Crippen LogP contribution in [-0.2, 0) is 11.2 Å². The zero-order valence-corrected chi connectivity index (χ0v) is 9.76. The Hall–Kier alpha value is -2.36. The normalized spacial score (nSPS) is 16.6. The Morgan fingerprint density at radius 1 is 1.33 bits per heavy atom. The van der Waals surface area contributed by atoms with E-state index in [1.54, 1.807) is 12.3 Å². The molecule has 4 nitrogen and oxygen atoms in total. The van der Waals surface area contributed by atoms with Crippen LogP contribution in [0.4, 0.5) is 11.4 Å². The number of fused-ring (bicyclic) bond motifs is 1. The zero-order valence-electron chi connectivity index (χ0n) is 9.76. The highest BCUT2D eigenvalue weighted by molar-refractivity contribution is 5.99. The summed E-state index contributed by atoms with van der Waals surface area (Å²) in [4.78, 5) is 16.0. The van der Waals surface area contributed by atoms with Crippen molar-refractivity contribution in [1.29, 1.82) is 0 Å². The van der Waals surface area contributed by atoms with E-state index in [0.29, 0.717) is 11.4 Å². The molecule has 3 N–H and O–H groups in total. The summed E-state index contributed by atoms with van der Waals surface area (Å²) in [5.41, 5.74) is 9.22. The number of nitrogens with two attached hydrogens (primary N) is 1. The lowest BCUT2D eigenvalue weighted by molar-refractivity contribution is -0.118. The quantitative estimate of drug-likeness (QED) is 0.841. The van der Waals surface area contributed by atoms with Crippen molar-refractivity contribution in [2.45, 2.75) is 12.3 Å². The van der Waals surface area contributed by atoms with E-state index in [1.165, 1.54) is 11.8 Å². The molecule has 0 bridgehead atoms. The predicted octanol–water partition coefficient (Wildman–Crippen LogP) is 1.94. The van der Waals surface area contributed by atoms with Crippen molar-refractivity contribution in [3.8, 4) is 0 Å². The van der Waals surface area contributed by atoms with Gasteiger partial charge >= 0.3 is 0 Å². The Kier molecular flexibility index (Phi) is 2.48. The maximum absolute atomic E-state index is 12.1. The minimum absolute atomic E-state index is 0.00778. The molecule has 0 fully saturated rings. The molecule has 90 valence electrons. The van der Waals surface area contributed by atoms with Gasteiger partial charge in [0.1, 0.15) is 0 Å². The number of benzene rings is 1. The molecule has 0 radical (unpaired) electrons. The first kappa shape index (κ1) is 10.8. The third-order valence-electron chi connectivity index (χ3n) is 3.28. The van der Waals surface area contributed by atoms with Gasteiger partial charge in [-0.3, -0.25) is 9.78 Å². The molecule has 1 aromatic heterocycles. The van der Waals surface area contributed by atoms with Crippen LogP contribution in [-0.4, -0.2) is 10.9 Å². The minimum Gasteiger partial charge on any atom is -0.396 e. The number of carbonyl (C=O) groups excluding carboxylic acids is 1. The standard InChI is InChI=1S/C14H13N3O/c15-12-8-16-6-5-13(12)17-14(18)11-7-9-3-1-2-4-10(9)11/h1-6,8,11H,7,15H2,(H,16,17,18). The van der Waals surface area contributed by atoms with Crippen LogP contribution in [0, 0.1) is 0 Å². The van der Waals surface area contributed by atoms with Gasteiger partial charge in [-0.1, -0.05) is 24.3 Å². The average molecular weight is 239 g/mol. The number of rotatable bonds is 2. The Morgan fingerprint density at radius 3 is 2.94 bits per heavy atom. The highest BCUT2D eigenvalue weighted by Crippen LogP contribution is 2.35. The largest absolute Gasteiger partial charge is 0.396 e. The highest BCUT2D eigenvalue weighted by Gasteiger charge is 2.31. The number of aromatic nitrogens is 1. The zero-order chi connectivity index (χ0) is 12.5. The van der Waals surface area contributed by atoms with Gasteiger partial charge in [-0.2, -0.15) is 0 Å². The fourth-order valence-electron chi connectivity index (χ4n) is 2.23. The van der Waals surface area contributed by atoms with Gasteiger partial charge < -0.3 is 11.1 Å². The first-order chi connectivity index (χ1) is 8.75. The van der Waals surface area contributed by atoms with E-state index in [2.05, 4.69) is 16.4 Å². The average Bonchev–Trinajstić information content (AvgIpc) is 2.34. The van der Waals surface area contributed by atoms with Gasteiger partial charge in [0.15, 0.2) is 0 Å². The van der Waals surface area contributed by atoms with Gasteiger partial charge in [0.2, 0.25) is 5.91 Å². The van der Waals surface area contributed by atoms with Crippen LogP contribution >= 0.6 is 0 Å². The molecule has 1 aromatic carbocycles. The summed E-state index contributed by atoms with van der Waals surface area (Å²) in [6, 6.07) is 9.71. The van der Waals surface area contributed by atoms with E-state index in [4.69, 9.17) is 5.73 Å². The minimum atomic E-state index is -0.0613. The van der Waals surface area contributed by atoms with Crippen molar-refractivity contribution in [3.05, 3.63) is 53.9 Å². The summed E-state index contributed by atoms with van der Waals surface area (Å²) < 4.78 is 0. The van der Waals surface area contributed by atoms with Crippen LogP contribution in [0.15, 0.2) is 42.7 Å². The van der Waals surface area contributed by atoms with Crippen LogP contribution in [0.2, 0.25) is 0 Å². The van der Waals surface area contributed by atoms with E-state index in [1.807, 2.05) is 18.2 Å². The molecule has 0 saturated carbocycles. The number of nitrogen functional groups attached to an aromatic ring is 1. The monoisotopic (exact) mass is 239 g/mol.